The van der Waals surface area contributed by atoms with Gasteiger partial charge in [-0.1, -0.05) is 48.5 Å². The van der Waals surface area contributed by atoms with Gasteiger partial charge in [-0.05, 0) is 67.4 Å². The molecule has 2 nitrogen and oxygen atoms in total. The number of hydrogen-bond acceptors (Lipinski definition) is 2. The predicted octanol–water partition coefficient (Wildman–Crippen LogP) is 3.35. The standard InChI is InChI=1S/C20H26N2/c21-13-5-11-20(12-6-14-22)18-9-3-1-7-16(18)15-17-8-2-4-10-19(17)20/h1-4,7-10H,5-6,11-15,21-22H2. The Hall–Kier alpha value is -1.64. The maximum Gasteiger partial charge on any atom is 0.0209 e. The first kappa shape index (κ1) is 15.3. The van der Waals surface area contributed by atoms with Crippen molar-refractivity contribution in [1.29, 1.82) is 0 Å². The van der Waals surface area contributed by atoms with Crippen LogP contribution in [0.25, 0.3) is 0 Å². The third-order valence-corrected chi connectivity index (χ3v) is 5.06. The van der Waals surface area contributed by atoms with Crippen LogP contribution in [0.4, 0.5) is 0 Å². The Morgan fingerprint density at radius 3 is 1.64 bits per heavy atom. The van der Waals surface area contributed by atoms with Crippen LogP contribution in [0.2, 0.25) is 0 Å². The van der Waals surface area contributed by atoms with Gasteiger partial charge in [0.25, 0.3) is 0 Å². The quantitative estimate of drug-likeness (QED) is 0.858. The lowest BCUT2D eigenvalue weighted by molar-refractivity contribution is 0.404. The van der Waals surface area contributed by atoms with Crippen LogP contribution in [-0.2, 0) is 11.8 Å². The fourth-order valence-corrected chi connectivity index (χ4v) is 4.10. The molecule has 0 saturated carbocycles. The average molecular weight is 294 g/mol. The zero-order valence-corrected chi connectivity index (χ0v) is 13.2. The highest BCUT2D eigenvalue weighted by Crippen LogP contribution is 2.47. The zero-order valence-electron chi connectivity index (χ0n) is 13.2. The van der Waals surface area contributed by atoms with E-state index in [0.29, 0.717) is 0 Å². The molecular formula is C20H26N2. The molecule has 2 aromatic carbocycles. The van der Waals surface area contributed by atoms with E-state index in [-0.39, 0.29) is 5.41 Å². The molecule has 4 N–H and O–H groups in total. The Kier molecular flexibility index (Phi) is 4.60. The fourth-order valence-electron chi connectivity index (χ4n) is 4.10. The normalized spacial score (nSPS) is 15.2. The molecule has 2 aromatic rings. The van der Waals surface area contributed by atoms with Crippen LogP contribution in [0.1, 0.15) is 47.9 Å². The smallest absolute Gasteiger partial charge is 0.0209 e. The first-order valence-electron chi connectivity index (χ1n) is 8.39. The Labute approximate surface area is 133 Å². The molecule has 116 valence electrons. The van der Waals surface area contributed by atoms with E-state index in [1.54, 1.807) is 0 Å². The molecule has 2 heteroatoms. The van der Waals surface area contributed by atoms with E-state index in [4.69, 9.17) is 11.5 Å². The van der Waals surface area contributed by atoms with Gasteiger partial charge in [0.05, 0.1) is 0 Å². The maximum absolute atomic E-state index is 5.85. The summed E-state index contributed by atoms with van der Waals surface area (Å²) in [5, 5.41) is 0. The van der Waals surface area contributed by atoms with Gasteiger partial charge < -0.3 is 11.5 Å². The molecule has 0 bridgehead atoms. The summed E-state index contributed by atoms with van der Waals surface area (Å²) in [4.78, 5) is 0. The van der Waals surface area contributed by atoms with Gasteiger partial charge in [-0.15, -0.1) is 0 Å². The molecule has 0 fully saturated rings. The average Bonchev–Trinajstić information content (AvgIpc) is 2.57. The minimum absolute atomic E-state index is 0.0875. The molecule has 0 spiro atoms. The van der Waals surface area contributed by atoms with Gasteiger partial charge in [-0.25, -0.2) is 0 Å². The van der Waals surface area contributed by atoms with Gasteiger partial charge in [0.2, 0.25) is 0 Å². The number of hydrogen-bond donors (Lipinski definition) is 2. The minimum atomic E-state index is 0.0875. The molecule has 0 aliphatic heterocycles. The lowest BCUT2D eigenvalue weighted by Crippen LogP contribution is -2.34. The second-order valence-corrected chi connectivity index (χ2v) is 6.36. The molecule has 0 radical (unpaired) electrons. The van der Waals surface area contributed by atoms with Crippen molar-refractivity contribution in [3.05, 3.63) is 70.8 Å². The zero-order chi connectivity index (χ0) is 15.4. The summed E-state index contributed by atoms with van der Waals surface area (Å²) < 4.78 is 0. The highest BCUT2D eigenvalue weighted by Gasteiger charge is 2.38. The van der Waals surface area contributed by atoms with Gasteiger partial charge in [0.15, 0.2) is 0 Å². The third kappa shape index (κ3) is 2.57. The third-order valence-electron chi connectivity index (χ3n) is 5.06. The van der Waals surface area contributed by atoms with Crippen molar-refractivity contribution in [3.63, 3.8) is 0 Å². The second-order valence-electron chi connectivity index (χ2n) is 6.36. The molecule has 0 unspecified atom stereocenters. The number of benzene rings is 2. The topological polar surface area (TPSA) is 52.0 Å². The van der Waals surface area contributed by atoms with Crippen molar-refractivity contribution in [3.8, 4) is 0 Å². The van der Waals surface area contributed by atoms with Crippen molar-refractivity contribution in [1.82, 2.24) is 0 Å². The number of rotatable bonds is 6. The molecule has 1 aliphatic carbocycles. The van der Waals surface area contributed by atoms with Crippen molar-refractivity contribution in [2.75, 3.05) is 13.1 Å². The van der Waals surface area contributed by atoms with E-state index < -0.39 is 0 Å². The summed E-state index contributed by atoms with van der Waals surface area (Å²) in [5.74, 6) is 0. The van der Waals surface area contributed by atoms with E-state index >= 15 is 0 Å². The van der Waals surface area contributed by atoms with Crippen molar-refractivity contribution in [2.45, 2.75) is 37.5 Å². The molecule has 22 heavy (non-hydrogen) atoms. The summed E-state index contributed by atoms with van der Waals surface area (Å²) in [5.41, 5.74) is 17.7. The molecule has 0 saturated heterocycles. The Morgan fingerprint density at radius 1 is 0.727 bits per heavy atom. The maximum atomic E-state index is 5.85. The van der Waals surface area contributed by atoms with E-state index in [9.17, 15) is 0 Å². The summed E-state index contributed by atoms with van der Waals surface area (Å²) in [6.45, 7) is 1.49. The van der Waals surface area contributed by atoms with Crippen molar-refractivity contribution >= 4 is 0 Å². The van der Waals surface area contributed by atoms with Crippen molar-refractivity contribution < 1.29 is 0 Å². The van der Waals surface area contributed by atoms with E-state index in [1.165, 1.54) is 22.3 Å². The summed E-state index contributed by atoms with van der Waals surface area (Å²) in [6, 6.07) is 17.9. The number of fused-ring (bicyclic) bond motifs is 2. The van der Waals surface area contributed by atoms with Gasteiger partial charge >= 0.3 is 0 Å². The van der Waals surface area contributed by atoms with Gasteiger partial charge in [0.1, 0.15) is 0 Å². The Balaban J connectivity index is 2.16. The molecule has 0 atom stereocenters. The molecule has 0 amide bonds. The van der Waals surface area contributed by atoms with E-state index in [0.717, 1.165) is 45.2 Å². The summed E-state index contributed by atoms with van der Waals surface area (Å²) in [6.07, 6.45) is 5.36. The fraction of sp³-hybridized carbons (Fsp3) is 0.400. The van der Waals surface area contributed by atoms with Gasteiger partial charge in [0, 0.05) is 5.41 Å². The number of nitrogens with two attached hydrogens (primary N) is 2. The SMILES string of the molecule is NCCCC1(CCCN)c2ccccc2Cc2ccccc21. The lowest BCUT2D eigenvalue weighted by Gasteiger charge is -2.41. The first-order chi connectivity index (χ1) is 10.8. The highest BCUT2D eigenvalue weighted by molar-refractivity contribution is 5.53. The molecule has 0 aromatic heterocycles. The molecule has 0 heterocycles. The Bertz CT molecular complexity index is 578. The highest BCUT2D eigenvalue weighted by atomic mass is 14.5. The van der Waals surface area contributed by atoms with E-state index in [1.807, 2.05) is 0 Å². The van der Waals surface area contributed by atoms with Crippen LogP contribution in [0, 0.1) is 0 Å². The molecule has 3 rings (SSSR count). The summed E-state index contributed by atoms with van der Waals surface area (Å²) >= 11 is 0. The summed E-state index contributed by atoms with van der Waals surface area (Å²) in [7, 11) is 0. The monoisotopic (exact) mass is 294 g/mol. The lowest BCUT2D eigenvalue weighted by atomic mass is 9.62. The Morgan fingerprint density at radius 2 is 1.18 bits per heavy atom. The van der Waals surface area contributed by atoms with Crippen LogP contribution >= 0.6 is 0 Å². The second kappa shape index (κ2) is 6.64. The van der Waals surface area contributed by atoms with Crippen LogP contribution in [0.15, 0.2) is 48.5 Å². The molecule has 1 aliphatic rings. The van der Waals surface area contributed by atoms with Crippen LogP contribution < -0.4 is 11.5 Å². The van der Waals surface area contributed by atoms with Crippen LogP contribution in [0.5, 0.6) is 0 Å². The predicted molar refractivity (Wildman–Crippen MR) is 93.0 cm³/mol. The minimum Gasteiger partial charge on any atom is -0.330 e. The first-order valence-corrected chi connectivity index (χ1v) is 8.39. The molecular weight excluding hydrogens is 268 g/mol. The largest absolute Gasteiger partial charge is 0.330 e. The van der Waals surface area contributed by atoms with Crippen LogP contribution in [0.3, 0.4) is 0 Å². The van der Waals surface area contributed by atoms with E-state index in [2.05, 4.69) is 48.5 Å². The van der Waals surface area contributed by atoms with Gasteiger partial charge in [-0.2, -0.15) is 0 Å². The van der Waals surface area contributed by atoms with Crippen LogP contribution in [-0.4, -0.2) is 13.1 Å². The van der Waals surface area contributed by atoms with Gasteiger partial charge in [-0.3, -0.25) is 0 Å². The van der Waals surface area contributed by atoms with Crippen molar-refractivity contribution in [2.24, 2.45) is 11.5 Å².